The monoisotopic (exact) mass is 289 g/mol. The van der Waals surface area contributed by atoms with Crippen LogP contribution in [-0.2, 0) is 11.3 Å². The van der Waals surface area contributed by atoms with Crippen molar-refractivity contribution in [3.63, 3.8) is 0 Å². The van der Waals surface area contributed by atoms with Gasteiger partial charge in [0.05, 0.1) is 6.54 Å². The second-order valence-corrected chi connectivity index (χ2v) is 4.89. The van der Waals surface area contributed by atoms with Gasteiger partial charge in [0.1, 0.15) is 11.6 Å². The van der Waals surface area contributed by atoms with Gasteiger partial charge in [-0.2, -0.15) is 4.98 Å². The van der Waals surface area contributed by atoms with Gasteiger partial charge in [-0.15, -0.1) is 5.10 Å². The Hall–Kier alpha value is -2.57. The summed E-state index contributed by atoms with van der Waals surface area (Å²) in [5.74, 6) is 1.13. The Morgan fingerprint density at radius 2 is 2.24 bits per heavy atom. The Balaban J connectivity index is 1.91. The summed E-state index contributed by atoms with van der Waals surface area (Å²) in [6.45, 7) is 5.84. The van der Waals surface area contributed by atoms with E-state index in [0.717, 1.165) is 11.1 Å². The van der Waals surface area contributed by atoms with Crippen molar-refractivity contribution in [1.82, 2.24) is 20.5 Å². The first-order chi connectivity index (χ1) is 9.95. The van der Waals surface area contributed by atoms with E-state index < -0.39 is 6.10 Å². The number of H-pyrrole nitrogens is 1. The molecule has 0 aliphatic rings. The number of benzene rings is 1. The number of carbonyl (C=O) groups excluding carboxylic acids is 1. The average Bonchev–Trinajstić information content (AvgIpc) is 2.86. The van der Waals surface area contributed by atoms with Crippen molar-refractivity contribution in [1.29, 1.82) is 0 Å². The number of amides is 1. The third-order valence-corrected chi connectivity index (χ3v) is 3.00. The molecule has 0 spiro atoms. The molecule has 1 unspecified atom stereocenters. The summed E-state index contributed by atoms with van der Waals surface area (Å²) < 4.78 is 5.70. The summed E-state index contributed by atoms with van der Waals surface area (Å²) in [6, 6.07) is 5.88. The van der Waals surface area contributed by atoms with Crippen LogP contribution in [0.3, 0.4) is 0 Å². The maximum atomic E-state index is 12.0. The highest BCUT2D eigenvalue weighted by Crippen LogP contribution is 2.20. The number of hydrogen-bond donors (Lipinski definition) is 3. The van der Waals surface area contributed by atoms with Gasteiger partial charge >= 0.3 is 0 Å². The van der Waals surface area contributed by atoms with Gasteiger partial charge in [-0.1, -0.05) is 12.1 Å². The number of rotatable bonds is 5. The SMILES string of the molecule is Cc1ccc(C)c(OC(C)C(=O)NCc2nc(N)n[nH]2)c1. The number of nitrogens with one attached hydrogen (secondary N) is 2. The molecule has 1 amide bonds. The van der Waals surface area contributed by atoms with E-state index in [-0.39, 0.29) is 18.4 Å². The molecule has 112 valence electrons. The highest BCUT2D eigenvalue weighted by atomic mass is 16.5. The van der Waals surface area contributed by atoms with Crippen LogP contribution < -0.4 is 15.8 Å². The van der Waals surface area contributed by atoms with E-state index in [9.17, 15) is 4.79 Å². The van der Waals surface area contributed by atoms with Crippen LogP contribution in [-0.4, -0.2) is 27.2 Å². The number of nitrogens with two attached hydrogens (primary N) is 1. The van der Waals surface area contributed by atoms with Crippen molar-refractivity contribution in [2.75, 3.05) is 5.73 Å². The van der Waals surface area contributed by atoms with Gasteiger partial charge in [0.15, 0.2) is 6.10 Å². The predicted molar refractivity (Wildman–Crippen MR) is 78.6 cm³/mol. The van der Waals surface area contributed by atoms with Gasteiger partial charge in [-0.25, -0.2) is 0 Å². The largest absolute Gasteiger partial charge is 0.481 e. The average molecular weight is 289 g/mol. The number of aromatic amines is 1. The predicted octanol–water partition coefficient (Wildman–Crippen LogP) is 1.09. The lowest BCUT2D eigenvalue weighted by Crippen LogP contribution is -2.36. The fourth-order valence-electron chi connectivity index (χ4n) is 1.78. The van der Waals surface area contributed by atoms with Gasteiger partial charge in [0, 0.05) is 0 Å². The third kappa shape index (κ3) is 3.95. The molecule has 7 heteroatoms. The lowest BCUT2D eigenvalue weighted by atomic mass is 10.1. The van der Waals surface area contributed by atoms with Crippen LogP contribution >= 0.6 is 0 Å². The topological polar surface area (TPSA) is 106 Å². The Bertz CT molecular complexity index is 638. The van der Waals surface area contributed by atoms with E-state index in [1.54, 1.807) is 6.92 Å². The number of aromatic nitrogens is 3. The highest BCUT2D eigenvalue weighted by molar-refractivity contribution is 5.80. The van der Waals surface area contributed by atoms with Crippen molar-refractivity contribution < 1.29 is 9.53 Å². The summed E-state index contributed by atoms with van der Waals surface area (Å²) >= 11 is 0. The van der Waals surface area contributed by atoms with Crippen LogP contribution in [0.4, 0.5) is 5.95 Å². The van der Waals surface area contributed by atoms with Crippen molar-refractivity contribution in [2.24, 2.45) is 0 Å². The Morgan fingerprint density at radius 1 is 1.48 bits per heavy atom. The van der Waals surface area contributed by atoms with E-state index in [4.69, 9.17) is 10.5 Å². The Kier molecular flexibility index (Phi) is 4.42. The second kappa shape index (κ2) is 6.25. The van der Waals surface area contributed by atoms with Gasteiger partial charge < -0.3 is 15.8 Å². The quantitative estimate of drug-likeness (QED) is 0.764. The van der Waals surface area contributed by atoms with Gasteiger partial charge in [0.25, 0.3) is 5.91 Å². The van der Waals surface area contributed by atoms with E-state index in [0.29, 0.717) is 11.6 Å². The molecule has 7 nitrogen and oxygen atoms in total. The molecule has 0 aliphatic carbocycles. The molecule has 4 N–H and O–H groups in total. The molecule has 1 atom stereocenters. The minimum atomic E-state index is -0.606. The molecule has 0 aliphatic heterocycles. The van der Waals surface area contributed by atoms with Crippen molar-refractivity contribution in [3.8, 4) is 5.75 Å². The number of nitrogens with zero attached hydrogens (tertiary/aromatic N) is 2. The molecule has 0 bridgehead atoms. The summed E-state index contributed by atoms with van der Waals surface area (Å²) in [6.07, 6.45) is -0.606. The number of carbonyl (C=O) groups is 1. The molecule has 1 aromatic carbocycles. The molecule has 1 heterocycles. The summed E-state index contributed by atoms with van der Waals surface area (Å²) in [5.41, 5.74) is 7.46. The fraction of sp³-hybridized carbons (Fsp3) is 0.357. The lowest BCUT2D eigenvalue weighted by Gasteiger charge is -2.16. The van der Waals surface area contributed by atoms with Crippen molar-refractivity contribution >= 4 is 11.9 Å². The smallest absolute Gasteiger partial charge is 0.261 e. The number of ether oxygens (including phenoxy) is 1. The molecule has 0 fully saturated rings. The molecule has 2 rings (SSSR count). The van der Waals surface area contributed by atoms with Crippen LogP contribution in [0.15, 0.2) is 18.2 Å². The Morgan fingerprint density at radius 3 is 2.90 bits per heavy atom. The first-order valence-electron chi connectivity index (χ1n) is 6.64. The molecule has 1 aromatic heterocycles. The normalized spacial score (nSPS) is 12.0. The zero-order chi connectivity index (χ0) is 15.4. The van der Waals surface area contributed by atoms with E-state index >= 15 is 0 Å². The Labute approximate surface area is 122 Å². The maximum absolute atomic E-state index is 12.0. The number of hydrogen-bond acceptors (Lipinski definition) is 5. The van der Waals surface area contributed by atoms with Gasteiger partial charge in [-0.05, 0) is 38.0 Å². The van der Waals surface area contributed by atoms with Crippen LogP contribution in [0, 0.1) is 13.8 Å². The summed E-state index contributed by atoms with van der Waals surface area (Å²) in [4.78, 5) is 15.9. The zero-order valence-electron chi connectivity index (χ0n) is 12.3. The zero-order valence-corrected chi connectivity index (χ0v) is 12.3. The second-order valence-electron chi connectivity index (χ2n) is 4.89. The first-order valence-corrected chi connectivity index (χ1v) is 6.64. The fourth-order valence-corrected chi connectivity index (χ4v) is 1.78. The van der Waals surface area contributed by atoms with Crippen LogP contribution in [0.5, 0.6) is 5.75 Å². The molecular formula is C14H19N5O2. The molecule has 0 radical (unpaired) electrons. The minimum absolute atomic E-state index is 0.152. The number of nitrogen functional groups attached to an aromatic ring is 1. The van der Waals surface area contributed by atoms with Crippen LogP contribution in [0.2, 0.25) is 0 Å². The molecule has 0 saturated heterocycles. The number of aryl methyl sites for hydroxylation is 2. The van der Waals surface area contributed by atoms with E-state index in [2.05, 4.69) is 20.5 Å². The summed E-state index contributed by atoms with van der Waals surface area (Å²) in [5, 5.41) is 9.03. The minimum Gasteiger partial charge on any atom is -0.481 e. The third-order valence-electron chi connectivity index (χ3n) is 3.00. The van der Waals surface area contributed by atoms with Crippen molar-refractivity contribution in [2.45, 2.75) is 33.4 Å². The highest BCUT2D eigenvalue weighted by Gasteiger charge is 2.16. The van der Waals surface area contributed by atoms with Gasteiger partial charge in [0.2, 0.25) is 5.95 Å². The number of anilines is 1. The molecule has 21 heavy (non-hydrogen) atoms. The van der Waals surface area contributed by atoms with Crippen LogP contribution in [0.25, 0.3) is 0 Å². The van der Waals surface area contributed by atoms with E-state index in [1.807, 2.05) is 32.0 Å². The lowest BCUT2D eigenvalue weighted by molar-refractivity contribution is -0.127. The molecule has 0 saturated carbocycles. The van der Waals surface area contributed by atoms with Crippen LogP contribution in [0.1, 0.15) is 23.9 Å². The standard InChI is InChI=1S/C14H19N5O2/c1-8-4-5-9(2)11(6-8)21-10(3)13(20)16-7-12-17-14(15)19-18-12/h4-6,10H,7H2,1-3H3,(H,16,20)(H3,15,17,18,19). The molecular weight excluding hydrogens is 270 g/mol. The van der Waals surface area contributed by atoms with Crippen molar-refractivity contribution in [3.05, 3.63) is 35.2 Å². The first kappa shape index (κ1) is 14.8. The molecule has 2 aromatic rings. The van der Waals surface area contributed by atoms with Gasteiger partial charge in [-0.3, -0.25) is 9.89 Å². The summed E-state index contributed by atoms with van der Waals surface area (Å²) in [7, 11) is 0. The maximum Gasteiger partial charge on any atom is 0.261 e. The van der Waals surface area contributed by atoms with E-state index in [1.165, 1.54) is 0 Å².